The Morgan fingerprint density at radius 3 is 2.50 bits per heavy atom. The predicted molar refractivity (Wildman–Crippen MR) is 112 cm³/mol. The first kappa shape index (κ1) is 18.3. The van der Waals surface area contributed by atoms with E-state index in [1.807, 2.05) is 55.5 Å². The van der Waals surface area contributed by atoms with Crippen molar-refractivity contribution in [2.75, 3.05) is 4.90 Å². The lowest BCUT2D eigenvalue weighted by atomic mass is 10.1. The molecular weight excluding hydrogens is 371 g/mol. The van der Waals surface area contributed by atoms with E-state index in [4.69, 9.17) is 4.98 Å². The highest BCUT2D eigenvalue weighted by atomic mass is 32.1. The second-order valence-corrected chi connectivity index (χ2v) is 7.66. The summed E-state index contributed by atoms with van der Waals surface area (Å²) in [5.74, 6) is -0.540. The van der Waals surface area contributed by atoms with E-state index in [0.29, 0.717) is 17.2 Å². The molecule has 0 N–H and O–H groups in total. The van der Waals surface area contributed by atoms with Crippen LogP contribution in [0.25, 0.3) is 10.2 Å². The molecular formula is C23H19FN2OS. The topological polar surface area (TPSA) is 33.2 Å². The van der Waals surface area contributed by atoms with Crippen molar-refractivity contribution < 1.29 is 9.18 Å². The van der Waals surface area contributed by atoms with Crippen LogP contribution in [-0.2, 0) is 17.8 Å². The Bertz CT molecular complexity index is 1120. The third-order valence-corrected chi connectivity index (χ3v) is 5.67. The van der Waals surface area contributed by atoms with E-state index in [1.54, 1.807) is 23.1 Å². The summed E-state index contributed by atoms with van der Waals surface area (Å²) in [4.78, 5) is 19.5. The zero-order valence-electron chi connectivity index (χ0n) is 15.4. The van der Waals surface area contributed by atoms with Crippen molar-refractivity contribution in [3.63, 3.8) is 0 Å². The minimum Gasteiger partial charge on any atom is -0.283 e. The number of fused-ring (bicyclic) bond motifs is 1. The summed E-state index contributed by atoms with van der Waals surface area (Å²) in [7, 11) is 0. The summed E-state index contributed by atoms with van der Waals surface area (Å²) < 4.78 is 15.1. The molecule has 0 spiro atoms. The first-order chi connectivity index (χ1) is 13.6. The molecule has 3 nitrogen and oxygen atoms in total. The SMILES string of the molecule is Cc1cccc2sc(N(Cc3ccccc3)C(=O)Cc3ccccc3F)nc12. The average molecular weight is 390 g/mol. The number of hydrogen-bond acceptors (Lipinski definition) is 3. The second-order valence-electron chi connectivity index (χ2n) is 6.65. The van der Waals surface area contributed by atoms with Gasteiger partial charge in [-0.1, -0.05) is 72.0 Å². The van der Waals surface area contributed by atoms with Gasteiger partial charge >= 0.3 is 0 Å². The Morgan fingerprint density at radius 1 is 1.00 bits per heavy atom. The molecule has 0 radical (unpaired) electrons. The number of amides is 1. The van der Waals surface area contributed by atoms with Gasteiger partial charge in [0.2, 0.25) is 5.91 Å². The van der Waals surface area contributed by atoms with Crippen molar-refractivity contribution in [3.8, 4) is 0 Å². The first-order valence-electron chi connectivity index (χ1n) is 9.05. The largest absolute Gasteiger partial charge is 0.283 e. The van der Waals surface area contributed by atoms with Gasteiger partial charge in [0.15, 0.2) is 5.13 Å². The third kappa shape index (κ3) is 3.80. The number of aromatic nitrogens is 1. The monoisotopic (exact) mass is 390 g/mol. The van der Waals surface area contributed by atoms with Crippen LogP contribution < -0.4 is 4.90 Å². The van der Waals surface area contributed by atoms with Gasteiger partial charge in [-0.15, -0.1) is 0 Å². The Kier molecular flexibility index (Phi) is 5.17. The number of benzene rings is 3. The van der Waals surface area contributed by atoms with Crippen LogP contribution in [0.3, 0.4) is 0 Å². The van der Waals surface area contributed by atoms with Crippen LogP contribution in [0.2, 0.25) is 0 Å². The number of halogens is 1. The lowest BCUT2D eigenvalue weighted by molar-refractivity contribution is -0.118. The quantitative estimate of drug-likeness (QED) is 0.450. The fourth-order valence-electron chi connectivity index (χ4n) is 3.12. The van der Waals surface area contributed by atoms with E-state index in [1.165, 1.54) is 17.4 Å². The summed E-state index contributed by atoms with van der Waals surface area (Å²) in [6.07, 6.45) is -0.00554. The summed E-state index contributed by atoms with van der Waals surface area (Å²) in [5.41, 5.74) is 3.36. The van der Waals surface area contributed by atoms with Gasteiger partial charge in [-0.2, -0.15) is 0 Å². The summed E-state index contributed by atoms with van der Waals surface area (Å²) in [6, 6.07) is 22.2. The molecule has 1 amide bonds. The van der Waals surface area contributed by atoms with Crippen molar-refractivity contribution in [2.45, 2.75) is 19.9 Å². The van der Waals surface area contributed by atoms with Crippen molar-refractivity contribution in [1.29, 1.82) is 0 Å². The van der Waals surface area contributed by atoms with Crippen LogP contribution >= 0.6 is 11.3 Å². The summed E-state index contributed by atoms with van der Waals surface area (Å²) in [5, 5.41) is 0.634. The maximum atomic E-state index is 14.1. The molecule has 0 bridgehead atoms. The zero-order chi connectivity index (χ0) is 19.5. The molecule has 0 unspecified atom stereocenters. The fraction of sp³-hybridized carbons (Fsp3) is 0.130. The maximum absolute atomic E-state index is 14.1. The van der Waals surface area contributed by atoms with Gasteiger partial charge in [0.25, 0.3) is 0 Å². The van der Waals surface area contributed by atoms with Crippen LogP contribution in [0.1, 0.15) is 16.7 Å². The number of aryl methyl sites for hydroxylation is 1. The number of hydrogen-bond donors (Lipinski definition) is 0. The Morgan fingerprint density at radius 2 is 1.75 bits per heavy atom. The highest BCUT2D eigenvalue weighted by molar-refractivity contribution is 7.22. The van der Waals surface area contributed by atoms with Crippen LogP contribution in [0.15, 0.2) is 72.8 Å². The van der Waals surface area contributed by atoms with Crippen molar-refractivity contribution in [1.82, 2.24) is 4.98 Å². The van der Waals surface area contributed by atoms with E-state index < -0.39 is 0 Å². The van der Waals surface area contributed by atoms with Gasteiger partial charge in [0.05, 0.1) is 23.2 Å². The van der Waals surface area contributed by atoms with Crippen molar-refractivity contribution >= 4 is 32.6 Å². The zero-order valence-corrected chi connectivity index (χ0v) is 16.2. The number of anilines is 1. The summed E-state index contributed by atoms with van der Waals surface area (Å²) in [6.45, 7) is 2.40. The smallest absolute Gasteiger partial charge is 0.233 e. The van der Waals surface area contributed by atoms with Crippen LogP contribution in [0.4, 0.5) is 9.52 Å². The molecule has 1 heterocycles. The molecule has 0 aliphatic carbocycles. The van der Waals surface area contributed by atoms with E-state index in [-0.39, 0.29) is 18.1 Å². The normalized spacial score (nSPS) is 10.9. The molecule has 0 aliphatic heterocycles. The minimum atomic E-state index is -0.365. The van der Waals surface area contributed by atoms with Gasteiger partial charge < -0.3 is 0 Å². The van der Waals surface area contributed by atoms with Gasteiger partial charge in [-0.05, 0) is 35.7 Å². The lowest BCUT2D eigenvalue weighted by Gasteiger charge is -2.20. The highest BCUT2D eigenvalue weighted by Crippen LogP contribution is 2.32. The average Bonchev–Trinajstić information content (AvgIpc) is 3.14. The molecule has 3 aromatic carbocycles. The van der Waals surface area contributed by atoms with E-state index in [0.717, 1.165) is 21.3 Å². The van der Waals surface area contributed by atoms with Crippen LogP contribution in [-0.4, -0.2) is 10.9 Å². The standard InChI is InChI=1S/C23H19FN2OS/c1-16-8-7-13-20-22(16)25-23(28-20)26(15-17-9-3-2-4-10-17)21(27)14-18-11-5-6-12-19(18)24/h2-13H,14-15H2,1H3. The predicted octanol–water partition coefficient (Wildman–Crippen LogP) is 5.52. The Hall–Kier alpha value is -3.05. The fourth-order valence-corrected chi connectivity index (χ4v) is 4.18. The number of thiazole rings is 1. The van der Waals surface area contributed by atoms with Crippen LogP contribution in [0.5, 0.6) is 0 Å². The van der Waals surface area contributed by atoms with E-state index in [9.17, 15) is 9.18 Å². The Balaban J connectivity index is 1.71. The molecule has 4 rings (SSSR count). The van der Waals surface area contributed by atoms with Gasteiger partial charge in [-0.3, -0.25) is 9.69 Å². The molecule has 0 saturated heterocycles. The molecule has 0 saturated carbocycles. The van der Waals surface area contributed by atoms with Gasteiger partial charge in [-0.25, -0.2) is 9.37 Å². The number of nitrogens with zero attached hydrogens (tertiary/aromatic N) is 2. The highest BCUT2D eigenvalue weighted by Gasteiger charge is 2.22. The lowest BCUT2D eigenvalue weighted by Crippen LogP contribution is -2.32. The number of para-hydroxylation sites is 1. The number of carbonyl (C=O) groups excluding carboxylic acids is 1. The molecule has 0 fully saturated rings. The van der Waals surface area contributed by atoms with Crippen molar-refractivity contribution in [3.05, 3.63) is 95.3 Å². The summed E-state index contributed by atoms with van der Waals surface area (Å²) >= 11 is 1.48. The second kappa shape index (κ2) is 7.90. The maximum Gasteiger partial charge on any atom is 0.233 e. The number of carbonyl (C=O) groups is 1. The van der Waals surface area contributed by atoms with E-state index >= 15 is 0 Å². The molecule has 0 atom stereocenters. The first-order valence-corrected chi connectivity index (χ1v) is 9.87. The molecule has 4 aromatic rings. The Labute approximate surface area is 167 Å². The minimum absolute atomic E-state index is 0.00554. The molecule has 28 heavy (non-hydrogen) atoms. The van der Waals surface area contributed by atoms with E-state index in [2.05, 4.69) is 0 Å². The van der Waals surface area contributed by atoms with Crippen LogP contribution in [0, 0.1) is 12.7 Å². The van der Waals surface area contributed by atoms with Gasteiger partial charge in [0, 0.05) is 0 Å². The van der Waals surface area contributed by atoms with Gasteiger partial charge in [0.1, 0.15) is 5.82 Å². The molecule has 1 aromatic heterocycles. The molecule has 5 heteroatoms. The number of rotatable bonds is 5. The molecule has 140 valence electrons. The third-order valence-electron chi connectivity index (χ3n) is 4.62. The van der Waals surface area contributed by atoms with Crippen molar-refractivity contribution in [2.24, 2.45) is 0 Å². The molecule has 0 aliphatic rings.